The zero-order chi connectivity index (χ0) is 30.3. The molecule has 0 N–H and O–H groups in total. The largest absolute Gasteiger partial charge is 0.469 e. The van der Waals surface area contributed by atoms with Gasteiger partial charge in [0.25, 0.3) is 0 Å². The second-order valence-electron chi connectivity index (χ2n) is 14.8. The molecule has 40 heavy (non-hydrogen) atoms. The van der Waals surface area contributed by atoms with Crippen LogP contribution in [0, 0.1) is 38.9 Å². The van der Waals surface area contributed by atoms with Crippen LogP contribution in [0.15, 0.2) is 23.3 Å². The molecule has 0 radical (unpaired) electrons. The summed E-state index contributed by atoms with van der Waals surface area (Å²) in [6, 6.07) is 0. The Morgan fingerprint density at radius 2 is 1.50 bits per heavy atom. The normalized spacial score (nSPS) is 39.5. The molecule has 2 fully saturated rings. The van der Waals surface area contributed by atoms with Crippen LogP contribution in [-0.2, 0) is 28.7 Å². The van der Waals surface area contributed by atoms with Gasteiger partial charge in [-0.15, -0.1) is 0 Å². The molecule has 0 aromatic heterocycles. The van der Waals surface area contributed by atoms with Crippen molar-refractivity contribution in [1.82, 2.24) is 0 Å². The van der Waals surface area contributed by atoms with Gasteiger partial charge in [0, 0.05) is 11.3 Å². The zero-order valence-electron chi connectivity index (χ0n) is 26.6. The van der Waals surface area contributed by atoms with Crippen molar-refractivity contribution in [3.8, 4) is 0 Å². The number of methoxy groups -OCH3 is 2. The molecule has 0 aromatic rings. The van der Waals surface area contributed by atoms with E-state index < -0.39 is 16.8 Å². The SMILES string of the molecule is COC(=O)C1=C[C@]2(C)/C(=C/C(C)=O)[C@](C)([C@@]3(C)CCCC(C)(C)CC[C@](C)(C(=O)OC)CC3)CC[C@H]2[C@H](C)C1=O. The molecule has 2 saturated carbocycles. The van der Waals surface area contributed by atoms with Crippen LogP contribution in [0.1, 0.15) is 113 Å². The van der Waals surface area contributed by atoms with Gasteiger partial charge in [0.2, 0.25) is 0 Å². The third kappa shape index (κ3) is 5.61. The molecule has 3 rings (SSSR count). The number of hydrogen-bond acceptors (Lipinski definition) is 6. The average Bonchev–Trinajstić information content (AvgIpc) is 2.89. The van der Waals surface area contributed by atoms with E-state index in [4.69, 9.17) is 9.47 Å². The van der Waals surface area contributed by atoms with Crippen LogP contribution in [0.5, 0.6) is 0 Å². The Labute approximate surface area is 241 Å². The number of hydrogen-bond donors (Lipinski definition) is 0. The van der Waals surface area contributed by atoms with E-state index in [1.165, 1.54) is 14.2 Å². The first-order valence-corrected chi connectivity index (χ1v) is 15.1. The number of ether oxygens (including phenoxy) is 2. The standard InChI is InChI=1S/C34H52O6/c1-22(35)20-26-33(7)21-24(28(37)39-9)27(36)23(2)25(33)12-15-34(26,8)32(6)14-11-13-30(3,4)16-17-31(5,18-19-32)29(38)40-10/h20-21,23,25H,11-19H2,1-10H3/b26-20-/t23-,25-,31-,32-,33-,34+/m0/s1. The van der Waals surface area contributed by atoms with Crippen LogP contribution >= 0.6 is 0 Å². The van der Waals surface area contributed by atoms with E-state index in [1.807, 2.05) is 19.9 Å². The number of rotatable bonds is 4. The Morgan fingerprint density at radius 3 is 2.08 bits per heavy atom. The molecule has 224 valence electrons. The highest BCUT2D eigenvalue weighted by molar-refractivity contribution is 6.19. The van der Waals surface area contributed by atoms with E-state index in [1.54, 1.807) is 13.0 Å². The fourth-order valence-electron chi connectivity index (χ4n) is 8.34. The first-order valence-electron chi connectivity index (χ1n) is 15.1. The zero-order valence-corrected chi connectivity index (χ0v) is 26.6. The lowest BCUT2D eigenvalue weighted by Gasteiger charge is -2.60. The molecule has 6 nitrogen and oxygen atoms in total. The summed E-state index contributed by atoms with van der Waals surface area (Å²) in [5, 5.41) is 0. The minimum Gasteiger partial charge on any atom is -0.469 e. The van der Waals surface area contributed by atoms with Crippen molar-refractivity contribution in [2.45, 2.75) is 113 Å². The molecule has 0 aliphatic heterocycles. The highest BCUT2D eigenvalue weighted by Crippen LogP contribution is 2.66. The van der Waals surface area contributed by atoms with E-state index in [0.717, 1.165) is 56.9 Å². The van der Waals surface area contributed by atoms with Crippen molar-refractivity contribution in [1.29, 1.82) is 0 Å². The highest BCUT2D eigenvalue weighted by atomic mass is 16.5. The van der Waals surface area contributed by atoms with Crippen LogP contribution in [-0.4, -0.2) is 37.7 Å². The van der Waals surface area contributed by atoms with Crippen molar-refractivity contribution in [3.63, 3.8) is 0 Å². The highest BCUT2D eigenvalue weighted by Gasteiger charge is 2.59. The maximum atomic E-state index is 13.3. The minimum absolute atomic E-state index is 0.0190. The predicted molar refractivity (Wildman–Crippen MR) is 156 cm³/mol. The number of allylic oxidation sites excluding steroid dienone is 3. The molecule has 3 aliphatic rings. The number of Topliss-reactive ketones (excluding diaryl/α,β-unsaturated/α-hetero) is 1. The lowest BCUT2D eigenvalue weighted by molar-refractivity contribution is -0.154. The fraction of sp³-hybridized carbons (Fsp3) is 0.765. The number of ketones is 2. The molecule has 0 spiro atoms. The van der Waals surface area contributed by atoms with Crippen LogP contribution in [0.25, 0.3) is 0 Å². The fourth-order valence-corrected chi connectivity index (χ4v) is 8.34. The van der Waals surface area contributed by atoms with Gasteiger partial charge in [-0.3, -0.25) is 14.4 Å². The number of esters is 2. The van der Waals surface area contributed by atoms with E-state index in [-0.39, 0.29) is 51.2 Å². The summed E-state index contributed by atoms with van der Waals surface area (Å²) in [6.45, 7) is 16.8. The molecule has 3 aliphatic carbocycles. The van der Waals surface area contributed by atoms with Gasteiger partial charge in [-0.25, -0.2) is 4.79 Å². The van der Waals surface area contributed by atoms with Gasteiger partial charge in [-0.1, -0.05) is 59.6 Å². The van der Waals surface area contributed by atoms with Crippen molar-refractivity contribution in [2.24, 2.45) is 38.9 Å². The second-order valence-corrected chi connectivity index (χ2v) is 14.8. The number of fused-ring (bicyclic) bond motifs is 1. The monoisotopic (exact) mass is 556 g/mol. The second kappa shape index (κ2) is 11.2. The first kappa shape index (κ1) is 32.3. The summed E-state index contributed by atoms with van der Waals surface area (Å²) in [5.41, 5.74) is -0.661. The summed E-state index contributed by atoms with van der Waals surface area (Å²) in [7, 11) is 2.78. The van der Waals surface area contributed by atoms with Gasteiger partial charge < -0.3 is 9.47 Å². The Bertz CT molecular complexity index is 1110. The number of carbonyl (C=O) groups excluding carboxylic acids is 4. The Kier molecular flexibility index (Phi) is 9.04. The Hall–Kier alpha value is -2.24. The van der Waals surface area contributed by atoms with Gasteiger partial charge in [-0.05, 0) is 93.5 Å². The Balaban J connectivity index is 2.20. The Morgan fingerprint density at radius 1 is 0.875 bits per heavy atom. The molecule has 0 aromatic carbocycles. The van der Waals surface area contributed by atoms with Crippen LogP contribution < -0.4 is 0 Å². The third-order valence-electron chi connectivity index (χ3n) is 11.6. The van der Waals surface area contributed by atoms with Gasteiger partial charge in [-0.2, -0.15) is 0 Å². The molecule has 0 heterocycles. The van der Waals surface area contributed by atoms with Gasteiger partial charge >= 0.3 is 11.9 Å². The van der Waals surface area contributed by atoms with Crippen LogP contribution in [0.2, 0.25) is 0 Å². The van der Waals surface area contributed by atoms with E-state index in [2.05, 4.69) is 34.6 Å². The minimum atomic E-state index is -0.654. The molecule has 0 bridgehead atoms. The van der Waals surface area contributed by atoms with Gasteiger partial charge in [0.15, 0.2) is 11.6 Å². The summed E-state index contributed by atoms with van der Waals surface area (Å²) in [4.78, 5) is 51.9. The van der Waals surface area contributed by atoms with Crippen molar-refractivity contribution < 1.29 is 28.7 Å². The number of carbonyl (C=O) groups is 4. The maximum Gasteiger partial charge on any atom is 0.341 e. The lowest BCUT2D eigenvalue weighted by atomic mass is 9.43. The molecular formula is C34H52O6. The third-order valence-corrected chi connectivity index (χ3v) is 11.6. The first-order chi connectivity index (χ1) is 18.4. The summed E-state index contributed by atoms with van der Waals surface area (Å²) in [6.07, 6.45) is 11.6. The summed E-state index contributed by atoms with van der Waals surface area (Å²) >= 11 is 0. The summed E-state index contributed by atoms with van der Waals surface area (Å²) in [5.74, 6) is -1.37. The van der Waals surface area contributed by atoms with Gasteiger partial charge in [0.05, 0.1) is 25.2 Å². The van der Waals surface area contributed by atoms with E-state index in [0.29, 0.717) is 6.42 Å². The molecule has 0 saturated heterocycles. The van der Waals surface area contributed by atoms with Crippen LogP contribution in [0.4, 0.5) is 0 Å². The molecule has 0 unspecified atom stereocenters. The lowest BCUT2D eigenvalue weighted by Crippen LogP contribution is -2.54. The van der Waals surface area contributed by atoms with Crippen molar-refractivity contribution in [2.75, 3.05) is 14.2 Å². The molecule has 6 atom stereocenters. The average molecular weight is 557 g/mol. The maximum absolute atomic E-state index is 13.3. The van der Waals surface area contributed by atoms with Gasteiger partial charge in [0.1, 0.15) is 0 Å². The van der Waals surface area contributed by atoms with E-state index >= 15 is 0 Å². The predicted octanol–water partition coefficient (Wildman–Crippen LogP) is 7.20. The molecule has 0 amide bonds. The van der Waals surface area contributed by atoms with E-state index in [9.17, 15) is 19.2 Å². The topological polar surface area (TPSA) is 86.7 Å². The van der Waals surface area contributed by atoms with Crippen molar-refractivity contribution in [3.05, 3.63) is 23.3 Å². The summed E-state index contributed by atoms with van der Waals surface area (Å²) < 4.78 is 10.3. The molecular weight excluding hydrogens is 504 g/mol. The quantitative estimate of drug-likeness (QED) is 0.207. The smallest absolute Gasteiger partial charge is 0.341 e. The molecule has 6 heteroatoms. The van der Waals surface area contributed by atoms with Crippen LogP contribution in [0.3, 0.4) is 0 Å². The van der Waals surface area contributed by atoms with Crippen molar-refractivity contribution >= 4 is 23.5 Å².